The van der Waals surface area contributed by atoms with Crippen LogP contribution in [-0.2, 0) is 4.74 Å². The molecule has 1 heterocycles. The first-order chi connectivity index (χ1) is 9.70. The number of ether oxygens (including phenoxy) is 2. The summed E-state index contributed by atoms with van der Waals surface area (Å²) >= 11 is 0. The van der Waals surface area contributed by atoms with Crippen molar-refractivity contribution < 1.29 is 14.3 Å². The van der Waals surface area contributed by atoms with E-state index in [4.69, 9.17) is 9.47 Å². The quantitative estimate of drug-likeness (QED) is 0.748. The van der Waals surface area contributed by atoms with Gasteiger partial charge in [0.05, 0.1) is 19.2 Å². The summed E-state index contributed by atoms with van der Waals surface area (Å²) in [5.74, 6) is 1.40. The van der Waals surface area contributed by atoms with Crippen molar-refractivity contribution in [3.8, 4) is 5.75 Å². The number of likely N-dealkylation sites (N-methyl/N-ethyl adjacent to an activating group) is 1. The van der Waals surface area contributed by atoms with E-state index in [1.54, 1.807) is 7.11 Å². The zero-order valence-corrected chi connectivity index (χ0v) is 12.3. The maximum atomic E-state index is 12.3. The Kier molecular flexibility index (Phi) is 5.56. The van der Waals surface area contributed by atoms with E-state index in [0.717, 1.165) is 32.6 Å². The third-order valence-electron chi connectivity index (χ3n) is 3.73. The fourth-order valence-corrected chi connectivity index (χ4v) is 2.64. The maximum absolute atomic E-state index is 12.3. The van der Waals surface area contributed by atoms with E-state index in [1.807, 2.05) is 31.3 Å². The number of benzene rings is 1. The van der Waals surface area contributed by atoms with Gasteiger partial charge in [-0.25, -0.2) is 0 Å². The molecule has 0 unspecified atom stereocenters. The Morgan fingerprint density at radius 3 is 2.75 bits per heavy atom. The molecule has 4 nitrogen and oxygen atoms in total. The minimum Gasteiger partial charge on any atom is -0.496 e. The van der Waals surface area contributed by atoms with E-state index >= 15 is 0 Å². The van der Waals surface area contributed by atoms with E-state index < -0.39 is 0 Å². The van der Waals surface area contributed by atoms with Gasteiger partial charge in [-0.05, 0) is 37.9 Å². The highest BCUT2D eigenvalue weighted by molar-refractivity contribution is 6.00. The summed E-state index contributed by atoms with van der Waals surface area (Å²) in [4.78, 5) is 14.4. The summed E-state index contributed by atoms with van der Waals surface area (Å²) in [6.07, 6.45) is 2.18. The molecule has 0 N–H and O–H groups in total. The largest absolute Gasteiger partial charge is 0.496 e. The van der Waals surface area contributed by atoms with Crippen LogP contribution in [0.5, 0.6) is 5.75 Å². The molecule has 0 bridgehead atoms. The van der Waals surface area contributed by atoms with Crippen LogP contribution in [0, 0.1) is 5.92 Å². The number of para-hydroxylation sites is 1. The van der Waals surface area contributed by atoms with Gasteiger partial charge in [-0.2, -0.15) is 0 Å². The van der Waals surface area contributed by atoms with Crippen LogP contribution in [0.4, 0.5) is 0 Å². The average molecular weight is 277 g/mol. The molecule has 4 heteroatoms. The van der Waals surface area contributed by atoms with Crippen molar-refractivity contribution in [2.45, 2.75) is 12.8 Å². The minimum absolute atomic E-state index is 0.108. The van der Waals surface area contributed by atoms with Crippen molar-refractivity contribution in [1.29, 1.82) is 0 Å². The second kappa shape index (κ2) is 7.41. The van der Waals surface area contributed by atoms with Crippen molar-refractivity contribution in [3.05, 3.63) is 29.8 Å². The number of rotatable bonds is 6. The first-order valence-electron chi connectivity index (χ1n) is 7.13. The van der Waals surface area contributed by atoms with Crippen LogP contribution < -0.4 is 4.74 Å². The smallest absolute Gasteiger partial charge is 0.180 e. The van der Waals surface area contributed by atoms with Gasteiger partial charge in [-0.15, -0.1) is 0 Å². The molecule has 0 saturated carbocycles. The molecule has 0 spiro atoms. The first kappa shape index (κ1) is 15.0. The summed E-state index contributed by atoms with van der Waals surface area (Å²) in [5, 5.41) is 0. The number of carbonyl (C=O) groups is 1. The van der Waals surface area contributed by atoms with Crippen LogP contribution in [0.2, 0.25) is 0 Å². The average Bonchev–Trinajstić information content (AvgIpc) is 2.48. The van der Waals surface area contributed by atoms with E-state index in [9.17, 15) is 4.79 Å². The number of hydrogen-bond acceptors (Lipinski definition) is 4. The van der Waals surface area contributed by atoms with Crippen LogP contribution in [0.3, 0.4) is 0 Å². The molecule has 1 aromatic carbocycles. The Balaban J connectivity index is 1.89. The standard InChI is InChI=1S/C16H23NO3/c1-17(11-13-7-9-20-10-8-13)12-15(18)14-5-3-4-6-16(14)19-2/h3-6,13H,7-12H2,1-2H3. The van der Waals surface area contributed by atoms with Gasteiger partial charge in [0.1, 0.15) is 5.75 Å². The van der Waals surface area contributed by atoms with Crippen LogP contribution >= 0.6 is 0 Å². The first-order valence-corrected chi connectivity index (χ1v) is 7.13. The van der Waals surface area contributed by atoms with Crippen molar-refractivity contribution in [3.63, 3.8) is 0 Å². The molecule has 0 amide bonds. The molecule has 110 valence electrons. The van der Waals surface area contributed by atoms with Crippen molar-refractivity contribution in [1.82, 2.24) is 4.90 Å². The van der Waals surface area contributed by atoms with Crippen LogP contribution in [0.25, 0.3) is 0 Å². The van der Waals surface area contributed by atoms with E-state index in [1.165, 1.54) is 0 Å². The lowest BCUT2D eigenvalue weighted by molar-refractivity contribution is 0.0549. The lowest BCUT2D eigenvalue weighted by Gasteiger charge is -2.26. The second-order valence-corrected chi connectivity index (χ2v) is 5.38. The Morgan fingerprint density at radius 2 is 2.05 bits per heavy atom. The zero-order chi connectivity index (χ0) is 14.4. The summed E-state index contributed by atoms with van der Waals surface area (Å²) in [6.45, 7) is 3.07. The predicted molar refractivity (Wildman–Crippen MR) is 78.4 cm³/mol. The lowest BCUT2D eigenvalue weighted by Crippen LogP contribution is -2.33. The summed E-state index contributed by atoms with van der Waals surface area (Å²) in [7, 11) is 3.60. The molecule has 1 saturated heterocycles. The Bertz CT molecular complexity index is 441. The molecule has 1 aliphatic heterocycles. The second-order valence-electron chi connectivity index (χ2n) is 5.38. The van der Waals surface area contributed by atoms with E-state index in [2.05, 4.69) is 4.90 Å². The minimum atomic E-state index is 0.108. The van der Waals surface area contributed by atoms with Crippen LogP contribution in [0.15, 0.2) is 24.3 Å². The van der Waals surface area contributed by atoms with Crippen LogP contribution in [-0.4, -0.2) is 51.1 Å². The predicted octanol–water partition coefficient (Wildman–Crippen LogP) is 2.24. The highest BCUT2D eigenvalue weighted by Gasteiger charge is 2.18. The summed E-state index contributed by atoms with van der Waals surface area (Å²) in [6, 6.07) is 7.39. The highest BCUT2D eigenvalue weighted by atomic mass is 16.5. The van der Waals surface area contributed by atoms with Gasteiger partial charge < -0.3 is 9.47 Å². The molecular weight excluding hydrogens is 254 g/mol. The monoisotopic (exact) mass is 277 g/mol. The zero-order valence-electron chi connectivity index (χ0n) is 12.3. The van der Waals surface area contributed by atoms with Gasteiger partial charge in [-0.3, -0.25) is 9.69 Å². The van der Waals surface area contributed by atoms with Gasteiger partial charge in [0, 0.05) is 19.8 Å². The topological polar surface area (TPSA) is 38.8 Å². The van der Waals surface area contributed by atoms with Crippen molar-refractivity contribution in [2.24, 2.45) is 5.92 Å². The molecule has 0 aliphatic carbocycles. The number of ketones is 1. The maximum Gasteiger partial charge on any atom is 0.180 e. The van der Waals surface area contributed by atoms with E-state index in [-0.39, 0.29) is 5.78 Å². The fourth-order valence-electron chi connectivity index (χ4n) is 2.64. The third kappa shape index (κ3) is 4.05. The van der Waals surface area contributed by atoms with Crippen molar-refractivity contribution in [2.75, 3.05) is 40.5 Å². The number of carbonyl (C=O) groups excluding carboxylic acids is 1. The molecule has 2 rings (SSSR count). The van der Waals surface area contributed by atoms with Crippen LogP contribution in [0.1, 0.15) is 23.2 Å². The number of nitrogens with zero attached hydrogens (tertiary/aromatic N) is 1. The SMILES string of the molecule is COc1ccccc1C(=O)CN(C)CC1CCOCC1. The lowest BCUT2D eigenvalue weighted by atomic mass is 9.99. The number of Topliss-reactive ketones (excluding diaryl/α,β-unsaturated/α-hetero) is 1. The third-order valence-corrected chi connectivity index (χ3v) is 3.73. The molecule has 0 radical (unpaired) electrons. The van der Waals surface area contributed by atoms with Gasteiger partial charge in [0.2, 0.25) is 0 Å². The normalized spacial score (nSPS) is 16.4. The van der Waals surface area contributed by atoms with Gasteiger partial charge >= 0.3 is 0 Å². The molecule has 0 aromatic heterocycles. The molecule has 1 fully saturated rings. The van der Waals surface area contributed by atoms with Crippen molar-refractivity contribution >= 4 is 5.78 Å². The van der Waals surface area contributed by atoms with E-state index in [0.29, 0.717) is 23.8 Å². The molecule has 1 aromatic rings. The van der Waals surface area contributed by atoms with Gasteiger partial charge in [0.25, 0.3) is 0 Å². The molecule has 20 heavy (non-hydrogen) atoms. The Morgan fingerprint density at radius 1 is 1.35 bits per heavy atom. The van der Waals surface area contributed by atoms with Gasteiger partial charge in [0.15, 0.2) is 5.78 Å². The van der Waals surface area contributed by atoms with Gasteiger partial charge in [-0.1, -0.05) is 12.1 Å². The summed E-state index contributed by atoms with van der Waals surface area (Å²) < 4.78 is 10.6. The summed E-state index contributed by atoms with van der Waals surface area (Å²) in [5.41, 5.74) is 0.661. The fraction of sp³-hybridized carbons (Fsp3) is 0.562. The number of hydrogen-bond donors (Lipinski definition) is 0. The Hall–Kier alpha value is -1.39. The molecular formula is C16H23NO3. The molecule has 0 atom stereocenters. The highest BCUT2D eigenvalue weighted by Crippen LogP contribution is 2.19. The Labute approximate surface area is 120 Å². The number of methoxy groups -OCH3 is 1. The molecule has 1 aliphatic rings.